The molecule has 0 radical (unpaired) electrons. The van der Waals surface area contributed by atoms with Crippen LogP contribution >= 0.6 is 0 Å². The summed E-state index contributed by atoms with van der Waals surface area (Å²) >= 11 is 0. The topological polar surface area (TPSA) is 58.2 Å². The molecule has 102 valence electrons. The van der Waals surface area contributed by atoms with Crippen LogP contribution in [0.4, 0.5) is 0 Å². The van der Waals surface area contributed by atoms with Gasteiger partial charge in [-0.25, -0.2) is 0 Å². The van der Waals surface area contributed by atoms with Gasteiger partial charge in [-0.1, -0.05) is 37.3 Å². The van der Waals surface area contributed by atoms with Crippen molar-refractivity contribution < 1.29 is 9.59 Å². The average Bonchev–Trinajstić information content (AvgIpc) is 2.46. The molecule has 2 rings (SSSR count). The summed E-state index contributed by atoms with van der Waals surface area (Å²) in [5, 5.41) is 5.71. The van der Waals surface area contributed by atoms with E-state index < -0.39 is 0 Å². The molecule has 19 heavy (non-hydrogen) atoms. The Bertz CT molecular complexity index is 435. The quantitative estimate of drug-likeness (QED) is 0.860. The number of nitrogens with one attached hydrogen (secondary N) is 2. The summed E-state index contributed by atoms with van der Waals surface area (Å²) < 4.78 is 0. The summed E-state index contributed by atoms with van der Waals surface area (Å²) in [4.78, 5) is 23.0. The van der Waals surface area contributed by atoms with E-state index in [0.29, 0.717) is 31.8 Å². The van der Waals surface area contributed by atoms with E-state index in [2.05, 4.69) is 29.7 Å². The van der Waals surface area contributed by atoms with E-state index in [1.165, 1.54) is 5.56 Å². The average molecular weight is 260 g/mol. The van der Waals surface area contributed by atoms with Crippen LogP contribution < -0.4 is 10.6 Å². The molecule has 2 N–H and O–H groups in total. The Hall–Kier alpha value is -1.84. The summed E-state index contributed by atoms with van der Waals surface area (Å²) in [5.41, 5.74) is 1.22. The Balaban J connectivity index is 1.79. The van der Waals surface area contributed by atoms with Crippen LogP contribution in [-0.2, 0) is 9.59 Å². The van der Waals surface area contributed by atoms with Crippen LogP contribution in [0.5, 0.6) is 0 Å². The lowest BCUT2D eigenvalue weighted by Crippen LogP contribution is -2.43. The summed E-state index contributed by atoms with van der Waals surface area (Å²) in [6.45, 7) is 3.19. The first-order valence-electron chi connectivity index (χ1n) is 6.76. The Morgan fingerprint density at radius 3 is 2.79 bits per heavy atom. The maximum Gasteiger partial charge on any atom is 0.224 e. The predicted octanol–water partition coefficient (Wildman–Crippen LogP) is 1.43. The maximum absolute atomic E-state index is 12.0. The van der Waals surface area contributed by atoms with Gasteiger partial charge in [-0.3, -0.25) is 9.59 Å². The fraction of sp³-hybridized carbons (Fsp3) is 0.467. The summed E-state index contributed by atoms with van der Waals surface area (Å²) in [6, 6.07) is 10.1. The summed E-state index contributed by atoms with van der Waals surface area (Å²) in [7, 11) is 0. The zero-order valence-corrected chi connectivity index (χ0v) is 11.2. The lowest BCUT2D eigenvalue weighted by Gasteiger charge is -2.22. The van der Waals surface area contributed by atoms with Crippen molar-refractivity contribution in [3.8, 4) is 0 Å². The van der Waals surface area contributed by atoms with Gasteiger partial charge in [-0.2, -0.15) is 0 Å². The molecule has 2 amide bonds. The number of hydrogen-bond donors (Lipinski definition) is 2. The first-order valence-corrected chi connectivity index (χ1v) is 6.76. The van der Waals surface area contributed by atoms with Crippen LogP contribution in [0.25, 0.3) is 0 Å². The highest BCUT2D eigenvalue weighted by Gasteiger charge is 2.24. The van der Waals surface area contributed by atoms with E-state index >= 15 is 0 Å². The first-order chi connectivity index (χ1) is 9.16. The Morgan fingerprint density at radius 2 is 2.16 bits per heavy atom. The van der Waals surface area contributed by atoms with Crippen LogP contribution in [0.3, 0.4) is 0 Å². The third kappa shape index (κ3) is 3.81. The van der Waals surface area contributed by atoms with Gasteiger partial charge in [0, 0.05) is 19.5 Å². The number of benzene rings is 1. The van der Waals surface area contributed by atoms with E-state index in [1.54, 1.807) is 0 Å². The molecule has 1 heterocycles. The van der Waals surface area contributed by atoms with Crippen molar-refractivity contribution in [3.63, 3.8) is 0 Å². The largest absolute Gasteiger partial charge is 0.355 e. The van der Waals surface area contributed by atoms with Gasteiger partial charge >= 0.3 is 0 Å². The lowest BCUT2D eigenvalue weighted by molar-refractivity contribution is -0.128. The third-order valence-electron chi connectivity index (χ3n) is 3.59. The number of rotatable bonds is 4. The van der Waals surface area contributed by atoms with Gasteiger partial charge in [0.05, 0.1) is 5.92 Å². The molecule has 2 atom stereocenters. The molecule has 1 saturated heterocycles. The van der Waals surface area contributed by atoms with Gasteiger partial charge in [-0.05, 0) is 17.9 Å². The number of hydrogen-bond acceptors (Lipinski definition) is 2. The molecule has 0 aromatic heterocycles. The number of carbonyl (C=O) groups excluding carboxylic acids is 2. The highest BCUT2D eigenvalue weighted by Crippen LogP contribution is 2.14. The first kappa shape index (κ1) is 13.6. The van der Waals surface area contributed by atoms with Crippen molar-refractivity contribution in [2.45, 2.75) is 25.7 Å². The van der Waals surface area contributed by atoms with Crippen LogP contribution in [0.1, 0.15) is 31.2 Å². The Labute approximate surface area is 113 Å². The molecule has 0 saturated carbocycles. The Kier molecular flexibility index (Phi) is 4.55. The molecule has 1 aliphatic rings. The molecule has 1 aromatic carbocycles. The maximum atomic E-state index is 12.0. The van der Waals surface area contributed by atoms with Gasteiger partial charge in [-0.15, -0.1) is 0 Å². The van der Waals surface area contributed by atoms with Crippen molar-refractivity contribution >= 4 is 11.8 Å². The monoisotopic (exact) mass is 260 g/mol. The summed E-state index contributed by atoms with van der Waals surface area (Å²) in [5.74, 6) is 0.300. The normalized spacial score (nSPS) is 20.5. The van der Waals surface area contributed by atoms with Crippen LogP contribution in [0, 0.1) is 5.92 Å². The number of amides is 2. The molecular weight excluding hydrogens is 240 g/mol. The highest BCUT2D eigenvalue weighted by molar-refractivity contribution is 5.83. The van der Waals surface area contributed by atoms with E-state index in [-0.39, 0.29) is 17.7 Å². The minimum atomic E-state index is -0.0827. The van der Waals surface area contributed by atoms with E-state index in [4.69, 9.17) is 0 Å². The van der Waals surface area contributed by atoms with Gasteiger partial charge in [0.1, 0.15) is 0 Å². The van der Waals surface area contributed by atoms with Gasteiger partial charge in [0.2, 0.25) is 11.8 Å². The molecule has 1 fully saturated rings. The van der Waals surface area contributed by atoms with Crippen molar-refractivity contribution in [1.82, 2.24) is 10.6 Å². The standard InChI is InChI=1S/C15H20N2O2/c1-11(12-5-3-2-4-6-12)9-17-15(19)13-7-8-14(18)16-10-13/h2-6,11,13H,7-10H2,1H3,(H,16,18)(H,17,19). The second kappa shape index (κ2) is 6.36. The van der Waals surface area contributed by atoms with E-state index in [0.717, 1.165) is 0 Å². The molecule has 0 spiro atoms. The highest BCUT2D eigenvalue weighted by atomic mass is 16.2. The fourth-order valence-electron chi connectivity index (χ4n) is 2.25. The lowest BCUT2D eigenvalue weighted by atomic mass is 9.97. The van der Waals surface area contributed by atoms with Gasteiger partial charge in [0.15, 0.2) is 0 Å². The van der Waals surface area contributed by atoms with Crippen LogP contribution in [0.15, 0.2) is 30.3 Å². The van der Waals surface area contributed by atoms with E-state index in [9.17, 15) is 9.59 Å². The molecule has 0 bridgehead atoms. The molecule has 4 heteroatoms. The van der Waals surface area contributed by atoms with Crippen molar-refractivity contribution in [2.24, 2.45) is 5.92 Å². The second-order valence-corrected chi connectivity index (χ2v) is 5.10. The fourth-order valence-corrected chi connectivity index (χ4v) is 2.25. The van der Waals surface area contributed by atoms with Crippen molar-refractivity contribution in [3.05, 3.63) is 35.9 Å². The second-order valence-electron chi connectivity index (χ2n) is 5.10. The molecule has 0 aliphatic carbocycles. The molecule has 4 nitrogen and oxygen atoms in total. The summed E-state index contributed by atoms with van der Waals surface area (Å²) in [6.07, 6.45) is 1.10. The third-order valence-corrected chi connectivity index (χ3v) is 3.59. The zero-order valence-electron chi connectivity index (χ0n) is 11.2. The molecular formula is C15H20N2O2. The number of piperidine rings is 1. The van der Waals surface area contributed by atoms with Crippen LogP contribution in [-0.4, -0.2) is 24.9 Å². The van der Waals surface area contributed by atoms with Crippen molar-refractivity contribution in [2.75, 3.05) is 13.1 Å². The molecule has 1 aromatic rings. The predicted molar refractivity (Wildman–Crippen MR) is 73.6 cm³/mol. The molecule has 1 aliphatic heterocycles. The molecule has 2 unspecified atom stereocenters. The van der Waals surface area contributed by atoms with Crippen molar-refractivity contribution in [1.29, 1.82) is 0 Å². The number of carbonyl (C=O) groups is 2. The smallest absolute Gasteiger partial charge is 0.224 e. The minimum absolute atomic E-state index is 0.0432. The SMILES string of the molecule is CC(CNC(=O)C1CCC(=O)NC1)c1ccccc1. The van der Waals surface area contributed by atoms with E-state index in [1.807, 2.05) is 18.2 Å². The Morgan fingerprint density at radius 1 is 1.42 bits per heavy atom. The minimum Gasteiger partial charge on any atom is -0.355 e. The van der Waals surface area contributed by atoms with Crippen LogP contribution in [0.2, 0.25) is 0 Å². The zero-order chi connectivity index (χ0) is 13.7. The van der Waals surface area contributed by atoms with Gasteiger partial charge < -0.3 is 10.6 Å². The van der Waals surface area contributed by atoms with Gasteiger partial charge in [0.25, 0.3) is 0 Å².